The van der Waals surface area contributed by atoms with Crippen molar-refractivity contribution >= 4 is 11.7 Å². The summed E-state index contributed by atoms with van der Waals surface area (Å²) in [5, 5.41) is 3.00. The van der Waals surface area contributed by atoms with Gasteiger partial charge in [-0.3, -0.25) is 9.59 Å². The summed E-state index contributed by atoms with van der Waals surface area (Å²) in [4.78, 5) is 26.0. The molecule has 1 aromatic carbocycles. The number of carbonyl (C=O) groups excluding carboxylic acids is 2. The molecule has 0 bridgehead atoms. The van der Waals surface area contributed by atoms with E-state index < -0.39 is 6.04 Å². The Morgan fingerprint density at radius 2 is 1.84 bits per heavy atom. The van der Waals surface area contributed by atoms with Crippen LogP contribution in [0.15, 0.2) is 30.3 Å². The highest BCUT2D eigenvalue weighted by Gasteiger charge is 2.37. The lowest BCUT2D eigenvalue weighted by molar-refractivity contribution is -0.928. The zero-order valence-corrected chi connectivity index (χ0v) is 15.3. The van der Waals surface area contributed by atoms with E-state index in [0.717, 1.165) is 18.0 Å². The Hall–Kier alpha value is -1.68. The number of rotatable bonds is 6. The predicted octanol–water partition coefficient (Wildman–Crippen LogP) is 1.54. The smallest absolute Gasteiger partial charge is 0.275 e. The van der Waals surface area contributed by atoms with E-state index in [4.69, 9.17) is 0 Å². The molecule has 0 radical (unpaired) electrons. The first-order valence-electron chi connectivity index (χ1n) is 9.82. The van der Waals surface area contributed by atoms with Crippen LogP contribution in [-0.4, -0.2) is 36.9 Å². The van der Waals surface area contributed by atoms with Gasteiger partial charge in [0, 0.05) is 5.92 Å². The van der Waals surface area contributed by atoms with Crippen LogP contribution in [0.4, 0.5) is 0 Å². The van der Waals surface area contributed by atoms with E-state index in [1.807, 2.05) is 30.3 Å². The summed E-state index contributed by atoms with van der Waals surface area (Å²) in [5.41, 5.74) is 1.08. The molecule has 0 aromatic heterocycles. The maximum atomic E-state index is 12.6. The lowest BCUT2D eigenvalue weighted by Crippen LogP contribution is -3.18. The lowest BCUT2D eigenvalue weighted by atomic mass is 9.78. The number of quaternary nitrogens is 1. The molecule has 2 aliphatic rings. The molecule has 4 heteroatoms. The van der Waals surface area contributed by atoms with E-state index in [2.05, 4.69) is 5.32 Å². The maximum absolute atomic E-state index is 12.6. The van der Waals surface area contributed by atoms with E-state index >= 15 is 0 Å². The van der Waals surface area contributed by atoms with Crippen molar-refractivity contribution < 1.29 is 14.5 Å². The summed E-state index contributed by atoms with van der Waals surface area (Å²) < 4.78 is 0. The first kappa shape index (κ1) is 18.1. The molecular weight excluding hydrogens is 312 g/mol. The van der Waals surface area contributed by atoms with Crippen molar-refractivity contribution in [3.05, 3.63) is 35.9 Å². The third kappa shape index (κ3) is 4.91. The van der Waals surface area contributed by atoms with Gasteiger partial charge < -0.3 is 10.2 Å². The number of amides is 1. The number of benzene rings is 1. The average molecular weight is 343 g/mol. The Morgan fingerprint density at radius 3 is 2.60 bits per heavy atom. The van der Waals surface area contributed by atoms with E-state index in [-0.39, 0.29) is 11.7 Å². The molecule has 1 saturated heterocycles. The first-order valence-corrected chi connectivity index (χ1v) is 9.82. The number of carbonyl (C=O) groups is 2. The summed E-state index contributed by atoms with van der Waals surface area (Å²) in [6, 6.07) is 10.1. The summed E-state index contributed by atoms with van der Waals surface area (Å²) in [6.45, 7) is 3.18. The highest BCUT2D eigenvalue weighted by Crippen LogP contribution is 2.28. The molecule has 1 amide bonds. The van der Waals surface area contributed by atoms with Crippen LogP contribution in [0.2, 0.25) is 0 Å². The molecule has 1 aliphatic heterocycles. The predicted molar refractivity (Wildman–Crippen MR) is 98.4 cm³/mol. The Kier molecular flexibility index (Phi) is 6.24. The van der Waals surface area contributed by atoms with Crippen molar-refractivity contribution in [2.45, 2.75) is 64.0 Å². The first-order chi connectivity index (χ1) is 12.1. The fourth-order valence-electron chi connectivity index (χ4n) is 4.68. The fraction of sp³-hybridized carbons (Fsp3) is 0.619. The molecule has 136 valence electrons. The number of hydrogen-bond acceptors (Lipinski definition) is 2. The van der Waals surface area contributed by atoms with Gasteiger partial charge in [-0.2, -0.15) is 0 Å². The van der Waals surface area contributed by atoms with Crippen LogP contribution >= 0.6 is 0 Å². The maximum Gasteiger partial charge on any atom is 0.275 e. The Labute approximate surface area is 151 Å². The summed E-state index contributed by atoms with van der Waals surface area (Å²) >= 11 is 0. The van der Waals surface area contributed by atoms with Crippen LogP contribution in [0.25, 0.3) is 0 Å². The van der Waals surface area contributed by atoms with E-state index in [9.17, 15) is 9.59 Å². The molecule has 0 spiro atoms. The molecule has 2 fully saturated rings. The second kappa shape index (κ2) is 8.61. The van der Waals surface area contributed by atoms with Crippen LogP contribution in [0.5, 0.6) is 0 Å². The quantitative estimate of drug-likeness (QED) is 0.823. The minimum Gasteiger partial charge on any atom is -0.341 e. The van der Waals surface area contributed by atoms with Gasteiger partial charge in [0.05, 0.1) is 18.6 Å². The van der Waals surface area contributed by atoms with Gasteiger partial charge in [-0.25, -0.2) is 0 Å². The number of ketones is 1. The van der Waals surface area contributed by atoms with Crippen LogP contribution in [0.1, 0.15) is 51.0 Å². The molecule has 1 saturated carbocycles. The molecule has 4 atom stereocenters. The third-order valence-corrected chi connectivity index (χ3v) is 6.00. The molecule has 4 nitrogen and oxygen atoms in total. The zero-order valence-electron chi connectivity index (χ0n) is 15.3. The van der Waals surface area contributed by atoms with Crippen molar-refractivity contribution in [3.8, 4) is 0 Å². The summed E-state index contributed by atoms with van der Waals surface area (Å²) in [5.74, 6) is 0.858. The summed E-state index contributed by atoms with van der Waals surface area (Å²) in [6.07, 6.45) is 8.38. The van der Waals surface area contributed by atoms with Gasteiger partial charge in [0.25, 0.3) is 5.91 Å². The Morgan fingerprint density at radius 1 is 1.12 bits per heavy atom. The van der Waals surface area contributed by atoms with Gasteiger partial charge in [-0.1, -0.05) is 36.8 Å². The number of likely N-dealkylation sites (tertiary alicyclic amines) is 1. The monoisotopic (exact) mass is 343 g/mol. The number of hydrogen-bond donors (Lipinski definition) is 2. The SMILES string of the molecule is CC(=O)[C@H](Cc1ccccc1)NC(=O)C[NH+]1CCC[C@H]2CCCC[C@@H]21. The van der Waals surface area contributed by atoms with Crippen LogP contribution in [-0.2, 0) is 16.0 Å². The topological polar surface area (TPSA) is 50.6 Å². The molecule has 1 unspecified atom stereocenters. The van der Waals surface area contributed by atoms with Gasteiger partial charge in [0.2, 0.25) is 0 Å². The van der Waals surface area contributed by atoms with Gasteiger partial charge in [0.15, 0.2) is 12.3 Å². The Balaban J connectivity index is 1.57. The summed E-state index contributed by atoms with van der Waals surface area (Å²) in [7, 11) is 0. The molecule has 1 aromatic rings. The number of piperidine rings is 1. The van der Waals surface area contributed by atoms with Gasteiger partial charge in [0.1, 0.15) is 0 Å². The minimum absolute atomic E-state index is 0.0253. The van der Waals surface area contributed by atoms with Gasteiger partial charge in [-0.05, 0) is 51.0 Å². The molecule has 1 heterocycles. The Bertz CT molecular complexity index is 585. The highest BCUT2D eigenvalue weighted by molar-refractivity contribution is 5.88. The van der Waals surface area contributed by atoms with Crippen LogP contribution in [0, 0.1) is 5.92 Å². The second-order valence-corrected chi connectivity index (χ2v) is 7.80. The largest absolute Gasteiger partial charge is 0.341 e. The molecule has 2 N–H and O–H groups in total. The normalized spacial score (nSPS) is 27.2. The van der Waals surface area contributed by atoms with Crippen molar-refractivity contribution in [2.75, 3.05) is 13.1 Å². The van der Waals surface area contributed by atoms with E-state index in [1.54, 1.807) is 6.92 Å². The van der Waals surface area contributed by atoms with Crippen LogP contribution in [0.3, 0.4) is 0 Å². The molecule has 3 rings (SSSR count). The second-order valence-electron chi connectivity index (χ2n) is 7.80. The van der Waals surface area contributed by atoms with Crippen molar-refractivity contribution in [2.24, 2.45) is 5.92 Å². The third-order valence-electron chi connectivity index (χ3n) is 6.00. The van der Waals surface area contributed by atoms with Crippen molar-refractivity contribution in [3.63, 3.8) is 0 Å². The van der Waals surface area contributed by atoms with E-state index in [0.29, 0.717) is 19.0 Å². The molecule has 25 heavy (non-hydrogen) atoms. The number of Topliss-reactive ketones (excluding diaryl/α,β-unsaturated/α-hetero) is 1. The van der Waals surface area contributed by atoms with E-state index in [1.165, 1.54) is 43.4 Å². The lowest BCUT2D eigenvalue weighted by Gasteiger charge is -2.40. The minimum atomic E-state index is -0.416. The standard InChI is InChI=1S/C21H30N2O2/c1-16(24)19(14-17-8-3-2-4-9-17)22-21(25)15-23-13-7-11-18-10-5-6-12-20(18)23/h2-4,8-9,18-20H,5-7,10-15H2,1H3,(H,22,25)/p+1/t18-,19+,20+/m1/s1. The van der Waals surface area contributed by atoms with Crippen LogP contribution < -0.4 is 10.2 Å². The van der Waals surface area contributed by atoms with Crippen molar-refractivity contribution in [1.29, 1.82) is 0 Å². The van der Waals surface area contributed by atoms with Gasteiger partial charge >= 0.3 is 0 Å². The van der Waals surface area contributed by atoms with Gasteiger partial charge in [-0.15, -0.1) is 0 Å². The zero-order chi connectivity index (χ0) is 17.6. The highest BCUT2D eigenvalue weighted by atomic mass is 16.2. The number of nitrogens with one attached hydrogen (secondary N) is 2. The molecule has 1 aliphatic carbocycles. The van der Waals surface area contributed by atoms with Crippen molar-refractivity contribution in [1.82, 2.24) is 5.32 Å². The average Bonchev–Trinajstić information content (AvgIpc) is 2.62. The number of fused-ring (bicyclic) bond motifs is 1. The fourth-order valence-corrected chi connectivity index (χ4v) is 4.68. The molecular formula is C21H31N2O2+.